The first-order chi connectivity index (χ1) is 8.70. The van der Waals surface area contributed by atoms with Crippen molar-refractivity contribution in [2.45, 2.75) is 56.8 Å². The molecule has 4 atom stereocenters. The van der Waals surface area contributed by atoms with E-state index < -0.39 is 0 Å². The zero-order valence-corrected chi connectivity index (χ0v) is 10.8. The zero-order valence-electron chi connectivity index (χ0n) is 10.8. The van der Waals surface area contributed by atoms with Crippen molar-refractivity contribution < 1.29 is 14.6 Å². The van der Waals surface area contributed by atoms with Gasteiger partial charge in [-0.25, -0.2) is 0 Å². The Kier molecular flexibility index (Phi) is 4.97. The number of hydrogen-bond acceptors (Lipinski definition) is 4. The van der Waals surface area contributed by atoms with Crippen LogP contribution in [0.15, 0.2) is 0 Å². The highest BCUT2D eigenvalue weighted by Gasteiger charge is 2.31. The number of nitrogens with one attached hydrogen (secondary N) is 1. The summed E-state index contributed by atoms with van der Waals surface area (Å²) in [5.41, 5.74) is 5.52. The Labute approximate surface area is 108 Å². The second-order valence-electron chi connectivity index (χ2n) is 5.42. The molecule has 1 saturated carbocycles. The summed E-state index contributed by atoms with van der Waals surface area (Å²) < 4.78 is 5.54. The van der Waals surface area contributed by atoms with Gasteiger partial charge in [-0.2, -0.15) is 0 Å². The highest BCUT2D eigenvalue weighted by molar-refractivity contribution is 5.81. The van der Waals surface area contributed by atoms with Crippen LogP contribution in [0.25, 0.3) is 0 Å². The lowest BCUT2D eigenvalue weighted by Crippen LogP contribution is -2.41. The fourth-order valence-corrected chi connectivity index (χ4v) is 2.84. The molecule has 5 heteroatoms. The molecule has 2 fully saturated rings. The third kappa shape index (κ3) is 3.43. The Morgan fingerprint density at radius 3 is 2.72 bits per heavy atom. The highest BCUT2D eigenvalue weighted by Crippen LogP contribution is 2.24. The van der Waals surface area contributed by atoms with Crippen LogP contribution in [-0.2, 0) is 9.53 Å². The van der Waals surface area contributed by atoms with E-state index >= 15 is 0 Å². The number of rotatable bonds is 4. The van der Waals surface area contributed by atoms with Gasteiger partial charge >= 0.3 is 0 Å². The summed E-state index contributed by atoms with van der Waals surface area (Å²) in [6.07, 6.45) is 5.12. The second kappa shape index (κ2) is 6.50. The monoisotopic (exact) mass is 256 g/mol. The minimum absolute atomic E-state index is 0.0287. The molecular formula is C13H24N2O3. The Bertz CT molecular complexity index is 285. The minimum atomic E-state index is -0.348. The van der Waals surface area contributed by atoms with Crippen molar-refractivity contribution in [1.82, 2.24) is 5.32 Å². The lowest BCUT2D eigenvalue weighted by molar-refractivity contribution is -0.132. The average Bonchev–Trinajstić information content (AvgIpc) is 2.86. The minimum Gasteiger partial charge on any atom is -0.393 e. The maximum Gasteiger partial charge on any atom is 0.249 e. The molecule has 1 aliphatic carbocycles. The van der Waals surface area contributed by atoms with Crippen LogP contribution in [0.5, 0.6) is 0 Å². The van der Waals surface area contributed by atoms with Crippen molar-refractivity contribution in [3.63, 3.8) is 0 Å². The van der Waals surface area contributed by atoms with Gasteiger partial charge in [0.1, 0.15) is 6.10 Å². The first-order valence-corrected chi connectivity index (χ1v) is 7.02. The van der Waals surface area contributed by atoms with Gasteiger partial charge in [0.25, 0.3) is 0 Å². The highest BCUT2D eigenvalue weighted by atomic mass is 16.5. The first kappa shape index (κ1) is 13.8. The van der Waals surface area contributed by atoms with E-state index in [9.17, 15) is 9.90 Å². The molecule has 2 rings (SSSR count). The number of aliphatic hydroxyl groups is 1. The average molecular weight is 256 g/mol. The van der Waals surface area contributed by atoms with Crippen LogP contribution in [0.1, 0.15) is 38.5 Å². The Balaban J connectivity index is 1.71. The van der Waals surface area contributed by atoms with Gasteiger partial charge in [-0.3, -0.25) is 4.79 Å². The van der Waals surface area contributed by atoms with E-state index in [1.807, 2.05) is 0 Å². The summed E-state index contributed by atoms with van der Waals surface area (Å²) in [4.78, 5) is 11.9. The van der Waals surface area contributed by atoms with Gasteiger partial charge in [-0.15, -0.1) is 0 Å². The van der Waals surface area contributed by atoms with E-state index in [4.69, 9.17) is 10.5 Å². The lowest BCUT2D eigenvalue weighted by Gasteiger charge is -2.28. The van der Waals surface area contributed by atoms with Crippen molar-refractivity contribution in [1.29, 1.82) is 0 Å². The van der Waals surface area contributed by atoms with Gasteiger partial charge < -0.3 is 20.9 Å². The fourth-order valence-electron chi connectivity index (χ4n) is 2.84. The summed E-state index contributed by atoms with van der Waals surface area (Å²) in [7, 11) is 0. The quantitative estimate of drug-likeness (QED) is 0.669. The van der Waals surface area contributed by atoms with Gasteiger partial charge in [0.2, 0.25) is 5.91 Å². The SMILES string of the molecule is NCC1CCC(C(=O)NCC2CCCCC2O)O1. The van der Waals surface area contributed by atoms with Crippen LogP contribution in [0, 0.1) is 5.92 Å². The van der Waals surface area contributed by atoms with E-state index in [-0.39, 0.29) is 30.1 Å². The number of ether oxygens (including phenoxy) is 1. The smallest absolute Gasteiger partial charge is 0.249 e. The van der Waals surface area contributed by atoms with Crippen LogP contribution in [0.4, 0.5) is 0 Å². The largest absolute Gasteiger partial charge is 0.393 e. The number of amides is 1. The summed E-state index contributed by atoms with van der Waals surface area (Å²) in [6.45, 7) is 1.04. The molecular weight excluding hydrogens is 232 g/mol. The van der Waals surface area contributed by atoms with Crippen LogP contribution in [0.3, 0.4) is 0 Å². The van der Waals surface area contributed by atoms with Crippen molar-refractivity contribution >= 4 is 5.91 Å². The van der Waals surface area contributed by atoms with Gasteiger partial charge in [-0.1, -0.05) is 12.8 Å². The second-order valence-corrected chi connectivity index (χ2v) is 5.42. The molecule has 0 radical (unpaired) electrons. The Hall–Kier alpha value is -0.650. The molecule has 18 heavy (non-hydrogen) atoms. The van der Waals surface area contributed by atoms with E-state index in [1.54, 1.807) is 0 Å². The molecule has 1 aliphatic heterocycles. The molecule has 1 amide bonds. The molecule has 4 unspecified atom stereocenters. The fraction of sp³-hybridized carbons (Fsp3) is 0.923. The predicted molar refractivity (Wildman–Crippen MR) is 67.9 cm³/mol. The van der Waals surface area contributed by atoms with Crippen molar-refractivity contribution in [2.75, 3.05) is 13.1 Å². The molecule has 4 N–H and O–H groups in total. The van der Waals surface area contributed by atoms with Gasteiger partial charge in [0.05, 0.1) is 12.2 Å². The summed E-state index contributed by atoms with van der Waals surface area (Å²) in [6, 6.07) is 0. The molecule has 0 aromatic carbocycles. The van der Waals surface area contributed by atoms with E-state index in [0.29, 0.717) is 13.1 Å². The van der Waals surface area contributed by atoms with Crippen LogP contribution in [0.2, 0.25) is 0 Å². The number of aliphatic hydroxyl groups excluding tert-OH is 1. The van der Waals surface area contributed by atoms with Crippen LogP contribution < -0.4 is 11.1 Å². The number of hydrogen-bond donors (Lipinski definition) is 3. The van der Waals surface area contributed by atoms with E-state index in [2.05, 4.69) is 5.32 Å². The third-order valence-corrected chi connectivity index (χ3v) is 4.07. The van der Waals surface area contributed by atoms with Gasteiger partial charge in [-0.05, 0) is 25.7 Å². The number of carbonyl (C=O) groups excluding carboxylic acids is 1. The Morgan fingerprint density at radius 2 is 2.06 bits per heavy atom. The van der Waals surface area contributed by atoms with Gasteiger partial charge in [0, 0.05) is 19.0 Å². The molecule has 2 aliphatic rings. The van der Waals surface area contributed by atoms with Crippen molar-refractivity contribution in [3.05, 3.63) is 0 Å². The van der Waals surface area contributed by atoms with E-state index in [1.165, 1.54) is 0 Å². The summed E-state index contributed by atoms with van der Waals surface area (Å²) in [5, 5.41) is 12.7. The maximum atomic E-state index is 11.9. The maximum absolute atomic E-state index is 11.9. The molecule has 1 saturated heterocycles. The summed E-state index contributed by atoms with van der Waals surface area (Å²) >= 11 is 0. The normalized spacial score (nSPS) is 36.6. The summed E-state index contributed by atoms with van der Waals surface area (Å²) in [5.74, 6) is 0.151. The topological polar surface area (TPSA) is 84.6 Å². The number of carbonyl (C=O) groups is 1. The molecule has 0 spiro atoms. The molecule has 0 aromatic heterocycles. The zero-order chi connectivity index (χ0) is 13.0. The van der Waals surface area contributed by atoms with Gasteiger partial charge in [0.15, 0.2) is 0 Å². The van der Waals surface area contributed by atoms with Crippen molar-refractivity contribution in [3.8, 4) is 0 Å². The van der Waals surface area contributed by atoms with E-state index in [0.717, 1.165) is 38.5 Å². The lowest BCUT2D eigenvalue weighted by atomic mass is 9.86. The molecule has 1 heterocycles. The van der Waals surface area contributed by atoms with Crippen molar-refractivity contribution in [2.24, 2.45) is 11.7 Å². The van der Waals surface area contributed by atoms with Crippen LogP contribution >= 0.6 is 0 Å². The molecule has 5 nitrogen and oxygen atoms in total. The molecule has 0 bridgehead atoms. The predicted octanol–water partition coefficient (Wildman–Crippen LogP) is 0.160. The first-order valence-electron chi connectivity index (χ1n) is 7.02. The molecule has 0 aromatic rings. The number of nitrogens with two attached hydrogens (primary N) is 1. The standard InChI is InChI=1S/C13H24N2O3/c14-7-10-5-6-12(18-10)13(17)15-8-9-3-1-2-4-11(9)16/h9-12,16H,1-8,14H2,(H,15,17). The molecule has 104 valence electrons. The third-order valence-electron chi connectivity index (χ3n) is 4.07. The Morgan fingerprint density at radius 1 is 1.28 bits per heavy atom. The van der Waals surface area contributed by atoms with Crippen LogP contribution in [-0.4, -0.2) is 42.4 Å².